The molecule has 2 rings (SSSR count). The lowest BCUT2D eigenvalue weighted by atomic mass is 9.73. The zero-order chi connectivity index (χ0) is 12.0. The first-order valence-corrected chi connectivity index (χ1v) is 5.24. The standard InChI is InChI=1S/C12H13F3O/c1-8-3-4-9(12(13,14)15)7-10(8)11(16)5-2-6-11/h3-4,7,16H,2,5-6H2,1H3. The fraction of sp³-hybridized carbons (Fsp3) is 0.500. The highest BCUT2D eigenvalue weighted by atomic mass is 19.4. The van der Waals surface area contributed by atoms with Gasteiger partial charge in [-0.05, 0) is 49.4 Å². The molecule has 0 unspecified atom stereocenters. The van der Waals surface area contributed by atoms with E-state index in [1.807, 2.05) is 0 Å². The maximum absolute atomic E-state index is 12.5. The smallest absolute Gasteiger partial charge is 0.385 e. The number of aliphatic hydroxyl groups is 1. The number of rotatable bonds is 1. The third-order valence-electron chi connectivity index (χ3n) is 3.25. The summed E-state index contributed by atoms with van der Waals surface area (Å²) in [5, 5.41) is 10.1. The monoisotopic (exact) mass is 230 g/mol. The van der Waals surface area contributed by atoms with Crippen molar-refractivity contribution in [3.05, 3.63) is 34.9 Å². The summed E-state index contributed by atoms with van der Waals surface area (Å²) < 4.78 is 37.6. The minimum absolute atomic E-state index is 0.425. The van der Waals surface area contributed by atoms with Crippen LogP contribution in [0.3, 0.4) is 0 Å². The van der Waals surface area contributed by atoms with Gasteiger partial charge >= 0.3 is 6.18 Å². The SMILES string of the molecule is Cc1ccc(C(F)(F)F)cc1C1(O)CCC1. The van der Waals surface area contributed by atoms with Crippen LogP contribution >= 0.6 is 0 Å². The Morgan fingerprint density at radius 3 is 2.31 bits per heavy atom. The van der Waals surface area contributed by atoms with Crippen LogP contribution in [-0.4, -0.2) is 5.11 Å². The molecule has 16 heavy (non-hydrogen) atoms. The summed E-state index contributed by atoms with van der Waals surface area (Å²) in [6, 6.07) is 3.56. The molecule has 4 heteroatoms. The van der Waals surface area contributed by atoms with Crippen LogP contribution in [0.15, 0.2) is 18.2 Å². The first-order chi connectivity index (χ1) is 7.33. The lowest BCUT2D eigenvalue weighted by Crippen LogP contribution is -2.34. The van der Waals surface area contributed by atoms with Crippen LogP contribution in [0, 0.1) is 6.92 Å². The van der Waals surface area contributed by atoms with Crippen LogP contribution in [0.25, 0.3) is 0 Å². The van der Waals surface area contributed by atoms with E-state index in [-0.39, 0.29) is 0 Å². The predicted octanol–water partition coefficient (Wildman–Crippen LogP) is 3.39. The highest BCUT2D eigenvalue weighted by Crippen LogP contribution is 2.43. The Morgan fingerprint density at radius 2 is 1.88 bits per heavy atom. The molecule has 1 aliphatic carbocycles. The van der Waals surface area contributed by atoms with Gasteiger partial charge in [-0.15, -0.1) is 0 Å². The third kappa shape index (κ3) is 1.82. The average Bonchev–Trinajstić information content (AvgIpc) is 2.13. The molecule has 1 N–H and O–H groups in total. The topological polar surface area (TPSA) is 20.2 Å². The van der Waals surface area contributed by atoms with Crippen molar-refractivity contribution in [1.82, 2.24) is 0 Å². The molecule has 0 aromatic heterocycles. The van der Waals surface area contributed by atoms with Crippen LogP contribution in [-0.2, 0) is 11.8 Å². The van der Waals surface area contributed by atoms with Crippen LogP contribution in [0.1, 0.15) is 36.0 Å². The van der Waals surface area contributed by atoms with Gasteiger partial charge in [0.15, 0.2) is 0 Å². The normalized spacial score (nSPS) is 19.3. The Morgan fingerprint density at radius 1 is 1.25 bits per heavy atom. The summed E-state index contributed by atoms with van der Waals surface area (Å²) in [6.07, 6.45) is -2.38. The minimum atomic E-state index is -4.34. The van der Waals surface area contributed by atoms with Crippen molar-refractivity contribution in [2.45, 2.75) is 38.0 Å². The van der Waals surface area contributed by atoms with Crippen LogP contribution in [0.4, 0.5) is 13.2 Å². The first kappa shape index (κ1) is 11.5. The Labute approximate surface area is 91.9 Å². The Bertz CT molecular complexity index is 405. The summed E-state index contributed by atoms with van der Waals surface area (Å²) in [5.41, 5.74) is -0.581. The lowest BCUT2D eigenvalue weighted by Gasteiger charge is -2.38. The molecular weight excluding hydrogens is 217 g/mol. The summed E-state index contributed by atoms with van der Waals surface area (Å²) in [4.78, 5) is 0. The summed E-state index contributed by atoms with van der Waals surface area (Å²) in [7, 11) is 0. The molecule has 1 aromatic carbocycles. The average molecular weight is 230 g/mol. The first-order valence-electron chi connectivity index (χ1n) is 5.24. The largest absolute Gasteiger partial charge is 0.416 e. The van der Waals surface area contributed by atoms with Gasteiger partial charge in [0.1, 0.15) is 0 Å². The van der Waals surface area contributed by atoms with E-state index in [1.165, 1.54) is 6.07 Å². The van der Waals surface area contributed by atoms with E-state index in [0.29, 0.717) is 18.4 Å². The number of benzene rings is 1. The fourth-order valence-electron chi connectivity index (χ4n) is 2.08. The molecule has 0 atom stereocenters. The van der Waals surface area contributed by atoms with E-state index in [1.54, 1.807) is 6.92 Å². The van der Waals surface area contributed by atoms with Gasteiger partial charge in [-0.2, -0.15) is 13.2 Å². The van der Waals surface area contributed by atoms with Crippen LogP contribution in [0.5, 0.6) is 0 Å². The highest BCUT2D eigenvalue weighted by Gasteiger charge is 2.39. The van der Waals surface area contributed by atoms with Crippen molar-refractivity contribution in [1.29, 1.82) is 0 Å². The molecular formula is C12H13F3O. The van der Waals surface area contributed by atoms with Crippen molar-refractivity contribution < 1.29 is 18.3 Å². The van der Waals surface area contributed by atoms with Crippen LogP contribution in [0.2, 0.25) is 0 Å². The van der Waals surface area contributed by atoms with E-state index < -0.39 is 17.3 Å². The number of halogens is 3. The maximum atomic E-state index is 12.5. The van der Waals surface area contributed by atoms with Gasteiger partial charge in [-0.1, -0.05) is 6.07 Å². The fourth-order valence-corrected chi connectivity index (χ4v) is 2.08. The molecule has 1 saturated carbocycles. The molecule has 0 heterocycles. The van der Waals surface area contributed by atoms with Crippen molar-refractivity contribution in [2.24, 2.45) is 0 Å². The van der Waals surface area contributed by atoms with Gasteiger partial charge in [0, 0.05) is 0 Å². The number of aryl methyl sites for hydroxylation is 1. The van der Waals surface area contributed by atoms with Gasteiger partial charge in [-0.3, -0.25) is 0 Å². The zero-order valence-electron chi connectivity index (χ0n) is 8.93. The second-order valence-corrected chi connectivity index (χ2v) is 4.41. The molecule has 0 bridgehead atoms. The highest BCUT2D eigenvalue weighted by molar-refractivity contribution is 5.37. The summed E-state index contributed by atoms with van der Waals surface area (Å²) in [6.45, 7) is 1.73. The summed E-state index contributed by atoms with van der Waals surface area (Å²) >= 11 is 0. The van der Waals surface area contributed by atoms with Gasteiger partial charge < -0.3 is 5.11 Å². The molecule has 1 fully saturated rings. The van der Waals surface area contributed by atoms with Crippen LogP contribution < -0.4 is 0 Å². The van der Waals surface area contributed by atoms with Gasteiger partial charge in [0.05, 0.1) is 11.2 Å². The second kappa shape index (κ2) is 3.48. The van der Waals surface area contributed by atoms with E-state index in [0.717, 1.165) is 24.1 Å². The molecule has 1 nitrogen and oxygen atoms in total. The Kier molecular flexibility index (Phi) is 2.49. The van der Waals surface area contributed by atoms with Crippen molar-refractivity contribution in [3.8, 4) is 0 Å². The number of hydrogen-bond donors (Lipinski definition) is 1. The Hall–Kier alpha value is -1.03. The molecule has 1 aliphatic rings. The third-order valence-corrected chi connectivity index (χ3v) is 3.25. The molecule has 0 saturated heterocycles. The lowest BCUT2D eigenvalue weighted by molar-refractivity contribution is -0.137. The second-order valence-electron chi connectivity index (χ2n) is 4.41. The molecule has 0 aliphatic heterocycles. The summed E-state index contributed by atoms with van der Waals surface area (Å²) in [5.74, 6) is 0. The molecule has 0 amide bonds. The number of hydrogen-bond acceptors (Lipinski definition) is 1. The molecule has 88 valence electrons. The van der Waals surface area contributed by atoms with E-state index in [2.05, 4.69) is 0 Å². The van der Waals surface area contributed by atoms with Crippen molar-refractivity contribution in [2.75, 3.05) is 0 Å². The van der Waals surface area contributed by atoms with Crippen molar-refractivity contribution in [3.63, 3.8) is 0 Å². The molecule has 1 aromatic rings. The Balaban J connectivity index is 2.45. The van der Waals surface area contributed by atoms with E-state index >= 15 is 0 Å². The zero-order valence-corrected chi connectivity index (χ0v) is 8.93. The number of alkyl halides is 3. The van der Waals surface area contributed by atoms with Gasteiger partial charge in [-0.25, -0.2) is 0 Å². The minimum Gasteiger partial charge on any atom is -0.385 e. The van der Waals surface area contributed by atoms with Gasteiger partial charge in [0.2, 0.25) is 0 Å². The van der Waals surface area contributed by atoms with E-state index in [9.17, 15) is 18.3 Å². The van der Waals surface area contributed by atoms with E-state index in [4.69, 9.17) is 0 Å². The molecule has 0 spiro atoms. The van der Waals surface area contributed by atoms with Gasteiger partial charge in [0.25, 0.3) is 0 Å². The predicted molar refractivity (Wildman–Crippen MR) is 53.9 cm³/mol. The quantitative estimate of drug-likeness (QED) is 0.784. The van der Waals surface area contributed by atoms with Crippen molar-refractivity contribution >= 4 is 0 Å². The maximum Gasteiger partial charge on any atom is 0.416 e. The molecule has 0 radical (unpaired) electrons.